The molecule has 1 aromatic rings. The molecule has 6 heteroatoms. The molecule has 1 aromatic carbocycles. The zero-order valence-electron chi connectivity index (χ0n) is 13.1. The van der Waals surface area contributed by atoms with E-state index in [1.807, 2.05) is 6.92 Å². The number of hydrogen-bond acceptors (Lipinski definition) is 3. The molecule has 0 saturated carbocycles. The van der Waals surface area contributed by atoms with Gasteiger partial charge in [0.25, 0.3) is 0 Å². The molecule has 22 heavy (non-hydrogen) atoms. The van der Waals surface area contributed by atoms with Crippen LogP contribution in [0.1, 0.15) is 31.9 Å². The summed E-state index contributed by atoms with van der Waals surface area (Å²) >= 11 is 0. The Labute approximate surface area is 129 Å². The van der Waals surface area contributed by atoms with Crippen molar-refractivity contribution in [3.8, 4) is 0 Å². The molecule has 0 bridgehead atoms. The van der Waals surface area contributed by atoms with E-state index in [1.54, 1.807) is 11.8 Å². The normalized spacial score (nSPS) is 19.0. The van der Waals surface area contributed by atoms with Gasteiger partial charge in [-0.2, -0.15) is 0 Å². The van der Waals surface area contributed by atoms with E-state index >= 15 is 0 Å². The van der Waals surface area contributed by atoms with Gasteiger partial charge >= 0.3 is 0 Å². The fourth-order valence-corrected chi connectivity index (χ4v) is 2.99. The molecule has 0 aliphatic carbocycles. The zero-order valence-corrected chi connectivity index (χ0v) is 13.1. The molecular weight excluding hydrogens is 288 g/mol. The predicted molar refractivity (Wildman–Crippen MR) is 81.2 cm³/mol. The lowest BCUT2D eigenvalue weighted by atomic mass is 10.0. The molecular formula is C16H23F2N3O. The second kappa shape index (κ2) is 7.15. The minimum atomic E-state index is -0.566. The fourth-order valence-electron chi connectivity index (χ4n) is 2.99. The van der Waals surface area contributed by atoms with Crippen LogP contribution in [0.5, 0.6) is 0 Å². The maximum Gasteiger partial charge on any atom is 0.239 e. The van der Waals surface area contributed by atoms with Crippen molar-refractivity contribution < 1.29 is 13.6 Å². The Hall–Kier alpha value is -1.53. The van der Waals surface area contributed by atoms with Crippen LogP contribution in [0.2, 0.25) is 0 Å². The van der Waals surface area contributed by atoms with Crippen LogP contribution in [-0.2, 0) is 4.79 Å². The third kappa shape index (κ3) is 3.62. The molecule has 2 N–H and O–H groups in total. The Kier molecular flexibility index (Phi) is 5.47. The number of rotatable bonds is 4. The van der Waals surface area contributed by atoms with E-state index in [2.05, 4.69) is 4.90 Å². The minimum Gasteiger partial charge on any atom is -0.339 e. The predicted octanol–water partition coefficient (Wildman–Crippen LogP) is 1.91. The number of nitrogens with two attached hydrogens (primary N) is 1. The number of benzene rings is 1. The van der Waals surface area contributed by atoms with Gasteiger partial charge in [0, 0.05) is 43.9 Å². The molecule has 4 nitrogen and oxygen atoms in total. The maximum absolute atomic E-state index is 14.0. The molecule has 1 aliphatic heterocycles. The number of carbonyl (C=O) groups is 1. The second-order valence-corrected chi connectivity index (χ2v) is 5.74. The van der Waals surface area contributed by atoms with Crippen LogP contribution in [0.3, 0.4) is 0 Å². The first-order valence-electron chi connectivity index (χ1n) is 7.67. The third-order valence-corrected chi connectivity index (χ3v) is 4.16. The maximum atomic E-state index is 14.0. The summed E-state index contributed by atoms with van der Waals surface area (Å²) in [6, 6.07) is 3.12. The summed E-state index contributed by atoms with van der Waals surface area (Å²) in [6.45, 7) is 6.14. The molecule has 1 saturated heterocycles. The smallest absolute Gasteiger partial charge is 0.239 e. The van der Waals surface area contributed by atoms with Crippen LogP contribution in [0.25, 0.3) is 0 Å². The van der Waals surface area contributed by atoms with Crippen molar-refractivity contribution in [3.63, 3.8) is 0 Å². The van der Waals surface area contributed by atoms with Gasteiger partial charge in [0.05, 0.1) is 6.04 Å². The second-order valence-electron chi connectivity index (χ2n) is 5.74. The van der Waals surface area contributed by atoms with E-state index in [1.165, 1.54) is 12.1 Å². The monoisotopic (exact) mass is 311 g/mol. The van der Waals surface area contributed by atoms with Crippen LogP contribution >= 0.6 is 0 Å². The van der Waals surface area contributed by atoms with Crippen molar-refractivity contribution in [1.29, 1.82) is 0 Å². The summed E-state index contributed by atoms with van der Waals surface area (Å²) in [5.74, 6) is -1.13. The van der Waals surface area contributed by atoms with Gasteiger partial charge < -0.3 is 10.6 Å². The highest BCUT2D eigenvalue weighted by atomic mass is 19.1. The summed E-state index contributed by atoms with van der Waals surface area (Å²) in [7, 11) is 0. The molecule has 2 atom stereocenters. The van der Waals surface area contributed by atoms with Gasteiger partial charge in [0.15, 0.2) is 0 Å². The number of halogens is 2. The average molecular weight is 311 g/mol. The molecule has 122 valence electrons. The standard InChI is InChI=1S/C16H23F2N3O/c1-3-15(13-5-4-12(17)10-14(13)18)20-6-8-21(9-7-20)16(22)11(2)19/h4-5,10-11,15H,3,6-9,19H2,1-2H3/t11-,15?/m1/s1. The molecule has 0 radical (unpaired) electrons. The Morgan fingerprint density at radius 1 is 1.27 bits per heavy atom. The first-order chi connectivity index (χ1) is 10.4. The highest BCUT2D eigenvalue weighted by Crippen LogP contribution is 2.28. The van der Waals surface area contributed by atoms with Gasteiger partial charge in [-0.3, -0.25) is 9.69 Å². The Morgan fingerprint density at radius 3 is 2.41 bits per heavy atom. The summed E-state index contributed by atoms with van der Waals surface area (Å²) in [5, 5.41) is 0. The number of piperazine rings is 1. The summed E-state index contributed by atoms with van der Waals surface area (Å²) in [6.07, 6.45) is 0.726. The van der Waals surface area contributed by atoms with E-state index in [4.69, 9.17) is 5.73 Å². The molecule has 1 heterocycles. The van der Waals surface area contributed by atoms with Crippen LogP contribution in [0.15, 0.2) is 18.2 Å². The van der Waals surface area contributed by atoms with Crippen LogP contribution in [0, 0.1) is 11.6 Å². The molecule has 0 aromatic heterocycles. The van der Waals surface area contributed by atoms with Gasteiger partial charge in [-0.25, -0.2) is 8.78 Å². The first kappa shape index (κ1) is 16.8. The van der Waals surface area contributed by atoms with Gasteiger partial charge in [-0.05, 0) is 19.4 Å². The minimum absolute atomic E-state index is 0.0549. The Morgan fingerprint density at radius 2 is 1.91 bits per heavy atom. The summed E-state index contributed by atoms with van der Waals surface area (Å²) in [4.78, 5) is 15.8. The first-order valence-corrected chi connectivity index (χ1v) is 7.67. The molecule has 0 spiro atoms. The van der Waals surface area contributed by atoms with Gasteiger partial charge in [0.1, 0.15) is 11.6 Å². The number of nitrogens with zero attached hydrogens (tertiary/aromatic N) is 2. The van der Waals surface area contributed by atoms with Crippen molar-refractivity contribution in [3.05, 3.63) is 35.4 Å². The lowest BCUT2D eigenvalue weighted by Crippen LogP contribution is -2.53. The number of amides is 1. The van der Waals surface area contributed by atoms with Crippen LogP contribution < -0.4 is 5.73 Å². The molecule has 1 unspecified atom stereocenters. The Bertz CT molecular complexity index is 528. The van der Waals surface area contributed by atoms with Gasteiger partial charge in [-0.15, -0.1) is 0 Å². The third-order valence-electron chi connectivity index (χ3n) is 4.16. The van der Waals surface area contributed by atoms with E-state index in [-0.39, 0.29) is 11.9 Å². The van der Waals surface area contributed by atoms with Crippen LogP contribution in [-0.4, -0.2) is 47.9 Å². The topological polar surface area (TPSA) is 49.6 Å². The molecule has 2 rings (SSSR count). The molecule has 1 amide bonds. The van der Waals surface area contributed by atoms with E-state index < -0.39 is 17.7 Å². The van der Waals surface area contributed by atoms with Gasteiger partial charge in [0.2, 0.25) is 5.91 Å². The average Bonchev–Trinajstić information content (AvgIpc) is 2.50. The SMILES string of the molecule is CCC(c1ccc(F)cc1F)N1CCN(C(=O)[C@@H](C)N)CC1. The summed E-state index contributed by atoms with van der Waals surface area (Å²) < 4.78 is 27.1. The van der Waals surface area contributed by atoms with Crippen molar-refractivity contribution in [2.45, 2.75) is 32.4 Å². The Balaban J connectivity index is 2.06. The van der Waals surface area contributed by atoms with Crippen molar-refractivity contribution in [2.75, 3.05) is 26.2 Å². The summed E-state index contributed by atoms with van der Waals surface area (Å²) in [5.41, 5.74) is 6.13. The quantitative estimate of drug-likeness (QED) is 0.924. The number of carbonyl (C=O) groups excluding carboxylic acids is 1. The van der Waals surface area contributed by atoms with Crippen molar-refractivity contribution in [2.24, 2.45) is 5.73 Å². The largest absolute Gasteiger partial charge is 0.339 e. The lowest BCUT2D eigenvalue weighted by Gasteiger charge is -2.39. The van der Waals surface area contributed by atoms with Crippen LogP contribution in [0.4, 0.5) is 8.78 Å². The molecule has 1 fully saturated rings. The van der Waals surface area contributed by atoms with E-state index in [9.17, 15) is 13.6 Å². The lowest BCUT2D eigenvalue weighted by molar-refractivity contribution is -0.134. The highest BCUT2D eigenvalue weighted by Gasteiger charge is 2.28. The fraction of sp³-hybridized carbons (Fsp3) is 0.562. The van der Waals surface area contributed by atoms with Crippen molar-refractivity contribution in [1.82, 2.24) is 9.80 Å². The van der Waals surface area contributed by atoms with E-state index in [0.717, 1.165) is 12.5 Å². The van der Waals surface area contributed by atoms with Crippen molar-refractivity contribution >= 4 is 5.91 Å². The zero-order chi connectivity index (χ0) is 16.3. The van der Waals surface area contributed by atoms with E-state index in [0.29, 0.717) is 31.7 Å². The number of hydrogen-bond donors (Lipinski definition) is 1. The molecule has 1 aliphatic rings. The van der Waals surface area contributed by atoms with Gasteiger partial charge in [-0.1, -0.05) is 13.0 Å². The highest BCUT2D eigenvalue weighted by molar-refractivity contribution is 5.81.